The number of aromatic nitrogens is 3. The molecule has 0 amide bonds. The van der Waals surface area contributed by atoms with Crippen molar-refractivity contribution in [2.24, 2.45) is 0 Å². The predicted molar refractivity (Wildman–Crippen MR) is 47.1 cm³/mol. The summed E-state index contributed by atoms with van der Waals surface area (Å²) >= 11 is 0. The fraction of sp³-hybridized carbons (Fsp3) is 0.625. The van der Waals surface area contributed by atoms with Gasteiger partial charge in [-0.25, -0.2) is 9.48 Å². The first-order chi connectivity index (χ1) is 7.22. The van der Waals surface area contributed by atoms with Crippen molar-refractivity contribution in [3.8, 4) is 0 Å². The highest BCUT2D eigenvalue weighted by Crippen LogP contribution is 2.23. The molecule has 8 heteroatoms. The lowest BCUT2D eigenvalue weighted by Gasteiger charge is -2.11. The Morgan fingerprint density at radius 3 is 2.44 bits per heavy atom. The van der Waals surface area contributed by atoms with Crippen LogP contribution in [0, 0.1) is 0 Å². The summed E-state index contributed by atoms with van der Waals surface area (Å²) < 4.78 is 37.1. The van der Waals surface area contributed by atoms with E-state index in [-0.39, 0.29) is 5.69 Å². The zero-order valence-corrected chi connectivity index (χ0v) is 8.62. The number of carbonyl (C=O) groups is 1. The van der Waals surface area contributed by atoms with Crippen molar-refractivity contribution in [3.63, 3.8) is 0 Å². The Morgan fingerprint density at radius 1 is 1.50 bits per heavy atom. The van der Waals surface area contributed by atoms with Crippen LogP contribution in [0.1, 0.15) is 35.9 Å². The van der Waals surface area contributed by atoms with Crippen LogP contribution in [0.4, 0.5) is 13.2 Å². The third-order valence-electron chi connectivity index (χ3n) is 1.85. The minimum absolute atomic E-state index is 0.0233. The normalized spacial score (nSPS) is 12.1. The van der Waals surface area contributed by atoms with Crippen molar-refractivity contribution >= 4 is 5.97 Å². The molecule has 0 saturated carbocycles. The highest BCUT2D eigenvalue weighted by Gasteiger charge is 2.32. The van der Waals surface area contributed by atoms with Crippen LogP contribution in [0.2, 0.25) is 0 Å². The molecule has 0 fully saturated rings. The van der Waals surface area contributed by atoms with Crippen LogP contribution in [-0.4, -0.2) is 32.2 Å². The number of nitrogens with zero attached hydrogens (tertiary/aromatic N) is 3. The van der Waals surface area contributed by atoms with Gasteiger partial charge in [0.05, 0.1) is 5.69 Å². The van der Waals surface area contributed by atoms with E-state index in [0.29, 0.717) is 4.68 Å². The third-order valence-corrected chi connectivity index (χ3v) is 1.85. The first kappa shape index (κ1) is 12.5. The first-order valence-corrected chi connectivity index (χ1v) is 4.46. The van der Waals surface area contributed by atoms with E-state index in [9.17, 15) is 18.0 Å². The monoisotopic (exact) mass is 237 g/mol. The van der Waals surface area contributed by atoms with Gasteiger partial charge in [0.15, 0.2) is 5.69 Å². The molecule has 90 valence electrons. The van der Waals surface area contributed by atoms with Crippen LogP contribution in [-0.2, 0) is 6.54 Å². The summed E-state index contributed by atoms with van der Waals surface area (Å²) in [6, 6.07) is 0. The second-order valence-corrected chi connectivity index (χ2v) is 3.56. The van der Waals surface area contributed by atoms with Crippen LogP contribution in [0.15, 0.2) is 0 Å². The van der Waals surface area contributed by atoms with Gasteiger partial charge < -0.3 is 5.11 Å². The summed E-state index contributed by atoms with van der Waals surface area (Å²) in [6.45, 7) is 1.83. The molecule has 0 spiro atoms. The summed E-state index contributed by atoms with van der Waals surface area (Å²) in [5.74, 6) is -1.78. The van der Waals surface area contributed by atoms with Crippen LogP contribution < -0.4 is 0 Å². The maximum Gasteiger partial charge on any atom is 0.408 e. The third kappa shape index (κ3) is 2.71. The summed E-state index contributed by atoms with van der Waals surface area (Å²) in [6.07, 6.45) is -4.45. The standard InChI is InChI=1S/C8H10F3N3O2/c1-4(2)6-5(7(15)16)12-13-14(6)3-8(9,10)11/h4H,3H2,1-2H3,(H,15,16). The SMILES string of the molecule is CC(C)c1c(C(=O)O)nnn1CC(F)(F)F. The van der Waals surface area contributed by atoms with Gasteiger partial charge in [0, 0.05) is 0 Å². The number of rotatable bonds is 3. The molecule has 0 aliphatic rings. The van der Waals surface area contributed by atoms with E-state index in [4.69, 9.17) is 5.11 Å². The lowest BCUT2D eigenvalue weighted by atomic mass is 10.1. The Morgan fingerprint density at radius 2 is 2.06 bits per heavy atom. The van der Waals surface area contributed by atoms with Gasteiger partial charge in [-0.15, -0.1) is 5.10 Å². The summed E-state index contributed by atoms with van der Waals surface area (Å²) in [7, 11) is 0. The number of hydrogen-bond donors (Lipinski definition) is 1. The van der Waals surface area contributed by atoms with Gasteiger partial charge in [-0.1, -0.05) is 19.1 Å². The molecule has 1 N–H and O–H groups in total. The lowest BCUT2D eigenvalue weighted by Crippen LogP contribution is -2.21. The van der Waals surface area contributed by atoms with Crippen LogP contribution >= 0.6 is 0 Å². The molecule has 0 radical (unpaired) electrons. The Kier molecular flexibility index (Phi) is 3.20. The zero-order valence-electron chi connectivity index (χ0n) is 8.62. The number of aromatic carboxylic acids is 1. The van der Waals surface area contributed by atoms with E-state index in [1.807, 2.05) is 0 Å². The zero-order chi connectivity index (χ0) is 12.5. The largest absolute Gasteiger partial charge is 0.476 e. The van der Waals surface area contributed by atoms with E-state index in [2.05, 4.69) is 10.3 Å². The fourth-order valence-electron chi connectivity index (χ4n) is 1.33. The van der Waals surface area contributed by atoms with Crippen molar-refractivity contribution in [2.75, 3.05) is 0 Å². The number of alkyl halides is 3. The molecule has 0 aliphatic carbocycles. The maximum absolute atomic E-state index is 12.2. The van der Waals surface area contributed by atoms with Gasteiger partial charge >= 0.3 is 12.1 Å². The van der Waals surface area contributed by atoms with Crippen LogP contribution in [0.5, 0.6) is 0 Å². The van der Waals surface area contributed by atoms with Gasteiger partial charge in [-0.3, -0.25) is 0 Å². The topological polar surface area (TPSA) is 68.0 Å². The highest BCUT2D eigenvalue weighted by molar-refractivity contribution is 5.86. The molecule has 0 aromatic carbocycles. The van der Waals surface area contributed by atoms with Gasteiger partial charge in [0.25, 0.3) is 0 Å². The lowest BCUT2D eigenvalue weighted by molar-refractivity contribution is -0.143. The molecular formula is C8H10F3N3O2. The average molecular weight is 237 g/mol. The second kappa shape index (κ2) is 4.11. The summed E-state index contributed by atoms with van der Waals surface area (Å²) in [4.78, 5) is 10.7. The second-order valence-electron chi connectivity index (χ2n) is 3.56. The van der Waals surface area contributed by atoms with E-state index in [1.54, 1.807) is 13.8 Å². The average Bonchev–Trinajstić information content (AvgIpc) is 2.44. The Hall–Kier alpha value is -1.60. The molecule has 1 heterocycles. The number of hydrogen-bond acceptors (Lipinski definition) is 3. The Balaban J connectivity index is 3.16. The van der Waals surface area contributed by atoms with Gasteiger partial charge in [0.2, 0.25) is 0 Å². The smallest absolute Gasteiger partial charge is 0.408 e. The molecule has 1 aromatic heterocycles. The van der Waals surface area contributed by atoms with Crippen LogP contribution in [0.3, 0.4) is 0 Å². The quantitative estimate of drug-likeness (QED) is 0.868. The molecule has 16 heavy (non-hydrogen) atoms. The molecule has 0 unspecified atom stereocenters. The Labute approximate surface area is 88.9 Å². The maximum atomic E-state index is 12.2. The highest BCUT2D eigenvalue weighted by atomic mass is 19.4. The predicted octanol–water partition coefficient (Wildman–Crippen LogP) is 1.66. The number of carboxylic acids is 1. The first-order valence-electron chi connectivity index (χ1n) is 4.46. The number of halogens is 3. The fourth-order valence-corrected chi connectivity index (χ4v) is 1.33. The minimum atomic E-state index is -4.45. The van der Waals surface area contributed by atoms with Gasteiger partial charge in [-0.05, 0) is 5.92 Å². The van der Waals surface area contributed by atoms with E-state index in [1.165, 1.54) is 0 Å². The van der Waals surface area contributed by atoms with Crippen LogP contribution in [0.25, 0.3) is 0 Å². The van der Waals surface area contributed by atoms with Gasteiger partial charge in [0.1, 0.15) is 6.54 Å². The molecule has 0 aliphatic heterocycles. The van der Waals surface area contributed by atoms with E-state index in [0.717, 1.165) is 0 Å². The molecule has 5 nitrogen and oxygen atoms in total. The molecule has 0 bridgehead atoms. The number of carboxylic acid groups (broad SMARTS) is 1. The molecule has 0 saturated heterocycles. The minimum Gasteiger partial charge on any atom is -0.476 e. The van der Waals surface area contributed by atoms with Crippen molar-refractivity contribution in [2.45, 2.75) is 32.5 Å². The van der Waals surface area contributed by atoms with Crippen molar-refractivity contribution in [3.05, 3.63) is 11.4 Å². The van der Waals surface area contributed by atoms with E-state index < -0.39 is 30.3 Å². The molecule has 0 atom stereocenters. The molecular weight excluding hydrogens is 227 g/mol. The summed E-state index contributed by atoms with van der Waals surface area (Å²) in [5.41, 5.74) is -0.455. The van der Waals surface area contributed by atoms with Gasteiger partial charge in [-0.2, -0.15) is 13.2 Å². The van der Waals surface area contributed by atoms with Crippen molar-refractivity contribution in [1.82, 2.24) is 15.0 Å². The van der Waals surface area contributed by atoms with E-state index >= 15 is 0 Å². The molecule has 1 rings (SSSR count). The van der Waals surface area contributed by atoms with Crippen molar-refractivity contribution < 1.29 is 23.1 Å². The molecule has 1 aromatic rings. The van der Waals surface area contributed by atoms with Crippen molar-refractivity contribution in [1.29, 1.82) is 0 Å². The Bertz CT molecular complexity index is 398. The summed E-state index contributed by atoms with van der Waals surface area (Å²) in [5, 5.41) is 15.2.